The van der Waals surface area contributed by atoms with Crippen LogP contribution >= 0.6 is 0 Å². The number of carbonyl (C=O) groups excluding carboxylic acids is 1. The molecule has 0 bridgehead atoms. The molecule has 0 radical (unpaired) electrons. The molecule has 0 aromatic rings. The molecular weight excluding hydrogens is 126 g/mol. The molecule has 0 aliphatic rings. The van der Waals surface area contributed by atoms with E-state index >= 15 is 0 Å². The number of hydrogen-bond acceptors (Lipinski definition) is 3. The Bertz CT molecular complexity index is 124. The van der Waals surface area contributed by atoms with Gasteiger partial charge in [0.15, 0.2) is 0 Å². The molecule has 1 atom stereocenters. The van der Waals surface area contributed by atoms with E-state index in [4.69, 9.17) is 10.2 Å². The molecule has 0 aromatic heterocycles. The van der Waals surface area contributed by atoms with Gasteiger partial charge in [0, 0.05) is 7.05 Å². The Labute approximate surface area is 51.5 Å². The summed E-state index contributed by atoms with van der Waals surface area (Å²) in [5.41, 5.74) is 0. The smallest absolute Gasteiger partial charge is 0.354 e. The number of aliphatic hydroxyl groups excluding tert-OH is 1. The summed E-state index contributed by atoms with van der Waals surface area (Å²) in [5, 5.41) is 16.5. The van der Waals surface area contributed by atoms with Crippen LogP contribution < -0.4 is 0 Å². The minimum Gasteiger partial charge on any atom is -0.478 e. The Kier molecular flexibility index (Phi) is 2.66. The largest absolute Gasteiger partial charge is 0.478 e. The zero-order valence-corrected chi connectivity index (χ0v) is 4.81. The lowest BCUT2D eigenvalue weighted by Crippen LogP contribution is -2.36. The van der Waals surface area contributed by atoms with E-state index in [1.165, 1.54) is 7.05 Å². The van der Waals surface area contributed by atoms with Crippen molar-refractivity contribution >= 4 is 12.4 Å². The fraction of sp³-hybridized carbons (Fsp3) is 0.500. The van der Waals surface area contributed by atoms with Gasteiger partial charge in [-0.05, 0) is 0 Å². The summed E-state index contributed by atoms with van der Waals surface area (Å²) in [7, 11) is 1.17. The predicted molar refractivity (Wildman–Crippen MR) is 27.5 cm³/mol. The lowest BCUT2D eigenvalue weighted by molar-refractivity contribution is -0.159. The molecule has 0 aliphatic carbocycles. The van der Waals surface area contributed by atoms with Crippen LogP contribution in [0.1, 0.15) is 0 Å². The maximum atomic E-state index is 9.85. The standard InChI is InChI=1S/C4H7NO4/c1-5(2-6)3(7)4(8)9/h2-3,7H,1H3,(H,8,9)/t3-/m0/s1. The van der Waals surface area contributed by atoms with Gasteiger partial charge in [-0.2, -0.15) is 0 Å². The van der Waals surface area contributed by atoms with Crippen LogP contribution in [0.5, 0.6) is 0 Å². The highest BCUT2D eigenvalue weighted by Crippen LogP contribution is 1.85. The second-order valence-electron chi connectivity index (χ2n) is 1.48. The van der Waals surface area contributed by atoms with Crippen molar-refractivity contribution in [3.05, 3.63) is 0 Å². The average molecular weight is 133 g/mol. The van der Waals surface area contributed by atoms with E-state index < -0.39 is 12.2 Å². The lowest BCUT2D eigenvalue weighted by Gasteiger charge is -2.12. The van der Waals surface area contributed by atoms with Crippen LogP contribution in [-0.4, -0.2) is 40.8 Å². The first kappa shape index (κ1) is 7.90. The zero-order valence-electron chi connectivity index (χ0n) is 4.81. The van der Waals surface area contributed by atoms with E-state index in [2.05, 4.69) is 0 Å². The van der Waals surface area contributed by atoms with Gasteiger partial charge >= 0.3 is 5.97 Å². The van der Waals surface area contributed by atoms with Crippen molar-refractivity contribution in [1.82, 2.24) is 4.90 Å². The van der Waals surface area contributed by atoms with Gasteiger partial charge in [0.2, 0.25) is 12.6 Å². The molecule has 0 rings (SSSR count). The highest BCUT2D eigenvalue weighted by molar-refractivity contribution is 5.74. The number of carboxylic acid groups (broad SMARTS) is 1. The van der Waals surface area contributed by atoms with Crippen LogP contribution in [0, 0.1) is 0 Å². The molecule has 1 amide bonds. The van der Waals surface area contributed by atoms with Gasteiger partial charge < -0.3 is 15.1 Å². The van der Waals surface area contributed by atoms with Crippen LogP contribution in [0.4, 0.5) is 0 Å². The lowest BCUT2D eigenvalue weighted by atomic mass is 10.5. The number of carbonyl (C=O) groups is 2. The van der Waals surface area contributed by atoms with Crippen LogP contribution in [0.2, 0.25) is 0 Å². The molecule has 0 spiro atoms. The van der Waals surface area contributed by atoms with Gasteiger partial charge in [0.1, 0.15) is 0 Å². The van der Waals surface area contributed by atoms with Crippen molar-refractivity contribution in [2.75, 3.05) is 7.05 Å². The minimum atomic E-state index is -1.73. The van der Waals surface area contributed by atoms with E-state index in [0.717, 1.165) is 0 Å². The SMILES string of the molecule is CN(C=O)[C@@H](O)C(=O)O. The Hall–Kier alpha value is -1.10. The molecule has 0 heterocycles. The fourth-order valence-corrected chi connectivity index (χ4v) is 0.232. The summed E-state index contributed by atoms with van der Waals surface area (Å²) in [5.74, 6) is -1.44. The number of amides is 1. The van der Waals surface area contributed by atoms with E-state index in [0.29, 0.717) is 4.90 Å². The van der Waals surface area contributed by atoms with Gasteiger partial charge in [-0.15, -0.1) is 0 Å². The maximum Gasteiger partial charge on any atom is 0.354 e. The predicted octanol–water partition coefficient (Wildman–Crippen LogP) is -1.52. The first-order valence-corrected chi connectivity index (χ1v) is 2.17. The molecule has 0 unspecified atom stereocenters. The monoisotopic (exact) mass is 133 g/mol. The molecule has 0 aromatic carbocycles. The van der Waals surface area contributed by atoms with Crippen molar-refractivity contribution < 1.29 is 19.8 Å². The number of likely N-dealkylation sites (N-methyl/N-ethyl adjacent to an activating group) is 1. The van der Waals surface area contributed by atoms with Crippen molar-refractivity contribution in [3.8, 4) is 0 Å². The summed E-state index contributed by atoms with van der Waals surface area (Å²) >= 11 is 0. The van der Waals surface area contributed by atoms with Crippen molar-refractivity contribution in [1.29, 1.82) is 0 Å². The average Bonchev–Trinajstić information content (AvgIpc) is 1.84. The van der Waals surface area contributed by atoms with Crippen LogP contribution in [-0.2, 0) is 9.59 Å². The second kappa shape index (κ2) is 3.03. The van der Waals surface area contributed by atoms with Crippen LogP contribution in [0.3, 0.4) is 0 Å². The Morgan fingerprint density at radius 3 is 2.33 bits per heavy atom. The van der Waals surface area contributed by atoms with Crippen LogP contribution in [0.15, 0.2) is 0 Å². The topological polar surface area (TPSA) is 77.8 Å². The molecule has 0 fully saturated rings. The summed E-state index contributed by atoms with van der Waals surface area (Å²) in [6, 6.07) is 0. The summed E-state index contributed by atoms with van der Waals surface area (Å²) < 4.78 is 0. The zero-order chi connectivity index (χ0) is 7.44. The number of nitrogens with zero attached hydrogens (tertiary/aromatic N) is 1. The van der Waals surface area contributed by atoms with Crippen molar-refractivity contribution in [2.45, 2.75) is 6.23 Å². The molecule has 2 N–H and O–H groups in total. The van der Waals surface area contributed by atoms with Crippen molar-refractivity contribution in [2.24, 2.45) is 0 Å². The van der Waals surface area contributed by atoms with Gasteiger partial charge in [-0.1, -0.05) is 0 Å². The number of aliphatic carboxylic acids is 1. The first-order valence-electron chi connectivity index (χ1n) is 2.17. The second-order valence-corrected chi connectivity index (χ2v) is 1.48. The molecule has 9 heavy (non-hydrogen) atoms. The molecule has 5 nitrogen and oxygen atoms in total. The normalized spacial score (nSPS) is 12.2. The third-order valence-corrected chi connectivity index (χ3v) is 0.773. The quantitative estimate of drug-likeness (QED) is 0.362. The minimum absolute atomic E-state index is 0.235. The Morgan fingerprint density at radius 2 is 2.22 bits per heavy atom. The third kappa shape index (κ3) is 2.09. The molecule has 52 valence electrons. The summed E-state index contributed by atoms with van der Waals surface area (Å²) in [6.07, 6.45) is -1.50. The number of rotatable bonds is 3. The summed E-state index contributed by atoms with van der Waals surface area (Å²) in [6.45, 7) is 0. The highest BCUT2D eigenvalue weighted by Gasteiger charge is 2.16. The van der Waals surface area contributed by atoms with Gasteiger partial charge in [-0.3, -0.25) is 4.79 Å². The van der Waals surface area contributed by atoms with Gasteiger partial charge in [0.05, 0.1) is 0 Å². The molecule has 0 aliphatic heterocycles. The van der Waals surface area contributed by atoms with Gasteiger partial charge in [-0.25, -0.2) is 4.79 Å². The third-order valence-electron chi connectivity index (χ3n) is 0.773. The van der Waals surface area contributed by atoms with E-state index in [9.17, 15) is 9.59 Å². The van der Waals surface area contributed by atoms with Crippen molar-refractivity contribution in [3.63, 3.8) is 0 Å². The molecule has 5 heteroatoms. The number of carboxylic acids is 1. The molecule has 0 saturated carbocycles. The molecular formula is C4H7NO4. The fourth-order valence-electron chi connectivity index (χ4n) is 0.232. The van der Waals surface area contributed by atoms with Gasteiger partial charge in [0.25, 0.3) is 0 Å². The summed E-state index contributed by atoms with van der Waals surface area (Å²) in [4.78, 5) is 20.2. The van der Waals surface area contributed by atoms with E-state index in [1.807, 2.05) is 0 Å². The first-order chi connectivity index (χ1) is 4.09. The van der Waals surface area contributed by atoms with Crippen LogP contribution in [0.25, 0.3) is 0 Å². The highest BCUT2D eigenvalue weighted by atomic mass is 16.4. The Balaban J connectivity index is 3.86. The number of hydrogen-bond donors (Lipinski definition) is 2. The maximum absolute atomic E-state index is 9.85. The number of aliphatic hydroxyl groups is 1. The van der Waals surface area contributed by atoms with E-state index in [1.54, 1.807) is 0 Å². The Morgan fingerprint density at radius 1 is 1.78 bits per heavy atom. The van der Waals surface area contributed by atoms with E-state index in [-0.39, 0.29) is 6.41 Å². The molecule has 0 saturated heterocycles.